The average Bonchev–Trinajstić information content (AvgIpc) is 3.09. The molecule has 46 heavy (non-hydrogen) atoms. The van der Waals surface area contributed by atoms with Crippen LogP contribution in [0.1, 0.15) is 22.7 Å². The lowest BCUT2D eigenvalue weighted by Gasteiger charge is -2.24. The highest BCUT2D eigenvalue weighted by Gasteiger charge is 2.25. The van der Waals surface area contributed by atoms with Crippen molar-refractivity contribution in [2.75, 3.05) is 0 Å². The van der Waals surface area contributed by atoms with Gasteiger partial charge in [-0.1, -0.05) is 48.5 Å². The summed E-state index contributed by atoms with van der Waals surface area (Å²) < 4.78 is 54.7. The number of nitrogens with zero attached hydrogens (tertiary/aromatic N) is 5. The Hall–Kier alpha value is -6.03. The second-order valence-electron chi connectivity index (χ2n) is 10.5. The third kappa shape index (κ3) is 5.88. The lowest BCUT2D eigenvalue weighted by atomic mass is 9.96. The summed E-state index contributed by atoms with van der Waals surface area (Å²) in [7, 11) is 0. The topological polar surface area (TPSA) is 75.4 Å². The van der Waals surface area contributed by atoms with Gasteiger partial charge in [-0.2, -0.15) is 5.10 Å². The standard InChI is InChI=1S/C36H22F4N6/c37-27-13-5-21(6-14-27)31-33(23-9-17-29(39)18-10-23)43-45-35(41-31)25-1-2-26(4-3-25)36-42-32(22-7-15-28(38)16-8-22)34(44-46-36)24-11-19-30(40)20-12-24/h1-20,33,43H. The van der Waals surface area contributed by atoms with E-state index in [1.54, 1.807) is 60.7 Å². The van der Waals surface area contributed by atoms with Crippen LogP contribution < -0.4 is 5.43 Å². The first-order valence-electron chi connectivity index (χ1n) is 14.2. The largest absolute Gasteiger partial charge is 0.294 e. The van der Waals surface area contributed by atoms with Crippen molar-refractivity contribution in [2.24, 2.45) is 10.1 Å². The molecular weight excluding hydrogens is 592 g/mol. The molecule has 0 radical (unpaired) electrons. The lowest BCUT2D eigenvalue weighted by molar-refractivity contribution is 0.622. The molecule has 10 heteroatoms. The summed E-state index contributed by atoms with van der Waals surface area (Å²) >= 11 is 0. The molecule has 0 spiro atoms. The Morgan fingerprint density at radius 2 is 0.913 bits per heavy atom. The molecule has 0 saturated carbocycles. The SMILES string of the molecule is Fc1ccc(C2=NC(c3ccc(-c4nnc(-c5ccc(F)cc5)c(-c5ccc(F)cc5)n4)cc3)=NNC2c2ccc(F)cc2)cc1. The van der Waals surface area contributed by atoms with Crippen LogP contribution in [0.4, 0.5) is 17.6 Å². The Morgan fingerprint density at radius 1 is 0.457 bits per heavy atom. The molecule has 1 N–H and O–H groups in total. The molecule has 224 valence electrons. The number of nitrogens with one attached hydrogen (secondary N) is 1. The van der Waals surface area contributed by atoms with Crippen molar-refractivity contribution in [1.29, 1.82) is 0 Å². The monoisotopic (exact) mass is 614 g/mol. The number of benzene rings is 5. The van der Waals surface area contributed by atoms with Gasteiger partial charge in [0, 0.05) is 22.3 Å². The summed E-state index contributed by atoms with van der Waals surface area (Å²) in [5.41, 5.74) is 8.59. The summed E-state index contributed by atoms with van der Waals surface area (Å²) in [5.74, 6) is -0.796. The van der Waals surface area contributed by atoms with Gasteiger partial charge in [0.2, 0.25) is 0 Å². The maximum atomic E-state index is 13.7. The number of aromatic nitrogens is 3. The van der Waals surface area contributed by atoms with E-state index < -0.39 is 6.04 Å². The third-order valence-corrected chi connectivity index (χ3v) is 7.47. The first kappa shape index (κ1) is 28.7. The lowest BCUT2D eigenvalue weighted by Crippen LogP contribution is -2.31. The molecule has 0 fully saturated rings. The predicted molar refractivity (Wildman–Crippen MR) is 168 cm³/mol. The quantitative estimate of drug-likeness (QED) is 0.194. The van der Waals surface area contributed by atoms with Crippen LogP contribution in [-0.4, -0.2) is 26.7 Å². The molecule has 1 aromatic heterocycles. The second-order valence-corrected chi connectivity index (χ2v) is 10.5. The van der Waals surface area contributed by atoms with Gasteiger partial charge in [-0.3, -0.25) is 5.43 Å². The first-order valence-corrected chi connectivity index (χ1v) is 14.2. The smallest absolute Gasteiger partial charge is 0.182 e. The summed E-state index contributed by atoms with van der Waals surface area (Å²) in [6.45, 7) is 0. The van der Waals surface area contributed by atoms with Gasteiger partial charge in [-0.25, -0.2) is 27.5 Å². The zero-order chi connectivity index (χ0) is 31.6. The van der Waals surface area contributed by atoms with Crippen LogP contribution >= 0.6 is 0 Å². The van der Waals surface area contributed by atoms with Gasteiger partial charge in [0.1, 0.15) is 40.7 Å². The summed E-state index contributed by atoms with van der Waals surface area (Å²) in [6.07, 6.45) is 0. The van der Waals surface area contributed by atoms with E-state index in [1.165, 1.54) is 48.5 Å². The molecule has 1 aliphatic rings. The van der Waals surface area contributed by atoms with Crippen molar-refractivity contribution in [1.82, 2.24) is 20.6 Å². The highest BCUT2D eigenvalue weighted by Crippen LogP contribution is 2.31. The molecule has 6 nitrogen and oxygen atoms in total. The first-order chi connectivity index (χ1) is 22.4. The molecule has 0 bridgehead atoms. The number of rotatable bonds is 6. The molecular formula is C36H22F4N6. The van der Waals surface area contributed by atoms with Crippen molar-refractivity contribution in [3.8, 4) is 33.9 Å². The third-order valence-electron chi connectivity index (χ3n) is 7.47. The molecule has 0 saturated heterocycles. The summed E-state index contributed by atoms with van der Waals surface area (Å²) in [5, 5.41) is 13.3. The Morgan fingerprint density at radius 3 is 1.48 bits per heavy atom. The van der Waals surface area contributed by atoms with Gasteiger partial charge >= 0.3 is 0 Å². The predicted octanol–water partition coefficient (Wildman–Crippen LogP) is 7.92. The number of hydrogen-bond donors (Lipinski definition) is 1. The van der Waals surface area contributed by atoms with E-state index in [1.807, 2.05) is 12.1 Å². The number of aliphatic imine (C=N–C) groups is 1. The minimum absolute atomic E-state index is 0.326. The maximum absolute atomic E-state index is 13.7. The molecule has 1 unspecified atom stereocenters. The van der Waals surface area contributed by atoms with Crippen LogP contribution in [0.5, 0.6) is 0 Å². The molecule has 0 amide bonds. The zero-order valence-corrected chi connectivity index (χ0v) is 23.9. The van der Waals surface area contributed by atoms with Crippen molar-refractivity contribution in [3.63, 3.8) is 0 Å². The van der Waals surface area contributed by atoms with Crippen LogP contribution in [0.3, 0.4) is 0 Å². The van der Waals surface area contributed by atoms with Crippen LogP contribution in [0.2, 0.25) is 0 Å². The van der Waals surface area contributed by atoms with Crippen molar-refractivity contribution >= 4 is 11.5 Å². The fourth-order valence-corrected chi connectivity index (χ4v) is 5.09. The molecule has 2 heterocycles. The molecule has 7 rings (SSSR count). The minimum atomic E-state index is -0.488. The van der Waals surface area contributed by atoms with Gasteiger partial charge in [0.15, 0.2) is 11.7 Å². The Kier molecular flexibility index (Phi) is 7.59. The summed E-state index contributed by atoms with van der Waals surface area (Å²) in [6, 6.07) is 30.5. The van der Waals surface area contributed by atoms with E-state index in [2.05, 4.69) is 20.7 Å². The molecule has 0 aliphatic carbocycles. The van der Waals surface area contributed by atoms with E-state index in [-0.39, 0.29) is 23.3 Å². The van der Waals surface area contributed by atoms with Gasteiger partial charge in [0.25, 0.3) is 0 Å². The zero-order valence-electron chi connectivity index (χ0n) is 23.9. The number of halogens is 4. The van der Waals surface area contributed by atoms with Crippen LogP contribution in [0, 0.1) is 23.3 Å². The van der Waals surface area contributed by atoms with Gasteiger partial charge in [0.05, 0.1) is 5.71 Å². The molecule has 1 atom stereocenters. The fourth-order valence-electron chi connectivity index (χ4n) is 5.09. The van der Waals surface area contributed by atoms with Gasteiger partial charge in [-0.15, -0.1) is 10.2 Å². The number of hydrogen-bond acceptors (Lipinski definition) is 6. The maximum Gasteiger partial charge on any atom is 0.182 e. The van der Waals surface area contributed by atoms with Crippen molar-refractivity contribution in [2.45, 2.75) is 6.04 Å². The van der Waals surface area contributed by atoms with Gasteiger partial charge in [-0.05, 0) is 83.9 Å². The normalized spacial score (nSPS) is 14.3. The molecule has 5 aromatic carbocycles. The molecule has 1 aliphatic heterocycles. The Balaban J connectivity index is 1.23. The number of amidine groups is 1. The van der Waals surface area contributed by atoms with Crippen LogP contribution in [0.25, 0.3) is 33.9 Å². The minimum Gasteiger partial charge on any atom is -0.294 e. The van der Waals surface area contributed by atoms with E-state index in [4.69, 9.17) is 9.98 Å². The van der Waals surface area contributed by atoms with E-state index in [0.717, 1.165) is 5.56 Å². The Labute approximate surface area is 260 Å². The van der Waals surface area contributed by atoms with Crippen LogP contribution in [0.15, 0.2) is 131 Å². The second kappa shape index (κ2) is 12.2. The Bertz CT molecular complexity index is 2080. The van der Waals surface area contributed by atoms with Crippen molar-refractivity contribution in [3.05, 3.63) is 161 Å². The molecule has 6 aromatic rings. The highest BCUT2D eigenvalue weighted by molar-refractivity contribution is 6.15. The highest BCUT2D eigenvalue weighted by atomic mass is 19.1. The van der Waals surface area contributed by atoms with Crippen molar-refractivity contribution < 1.29 is 17.6 Å². The van der Waals surface area contributed by atoms with E-state index in [0.29, 0.717) is 56.6 Å². The van der Waals surface area contributed by atoms with E-state index >= 15 is 0 Å². The fraction of sp³-hybridized carbons (Fsp3) is 0.0278. The van der Waals surface area contributed by atoms with E-state index in [9.17, 15) is 17.6 Å². The van der Waals surface area contributed by atoms with Crippen LogP contribution in [-0.2, 0) is 0 Å². The number of hydrazone groups is 1. The summed E-state index contributed by atoms with van der Waals surface area (Å²) in [4.78, 5) is 9.61. The average molecular weight is 615 g/mol. The van der Waals surface area contributed by atoms with Gasteiger partial charge < -0.3 is 0 Å².